The summed E-state index contributed by atoms with van der Waals surface area (Å²) in [6, 6.07) is 5.40. The highest BCUT2D eigenvalue weighted by molar-refractivity contribution is 7.89. The fourth-order valence-electron chi connectivity index (χ4n) is 7.62. The Morgan fingerprint density at radius 2 is 1.73 bits per heavy atom. The lowest BCUT2D eigenvalue weighted by atomic mass is 10.0. The zero-order valence-corrected chi connectivity index (χ0v) is 33.6. The van der Waals surface area contributed by atoms with E-state index in [-0.39, 0.29) is 44.5 Å². The Kier molecular flexibility index (Phi) is 12.4. The van der Waals surface area contributed by atoms with Crippen molar-refractivity contribution in [2.24, 2.45) is 5.92 Å². The molecule has 1 saturated heterocycles. The Morgan fingerprint density at radius 3 is 2.41 bits per heavy atom. The molecule has 3 aliphatic heterocycles. The molecule has 5 atom stereocenters. The Hall–Kier alpha value is -5.20. The summed E-state index contributed by atoms with van der Waals surface area (Å²) >= 11 is 0. The van der Waals surface area contributed by atoms with Gasteiger partial charge in [-0.15, -0.1) is 0 Å². The normalized spacial score (nSPS) is 25.1. The van der Waals surface area contributed by atoms with Crippen molar-refractivity contribution in [3.05, 3.63) is 82.7 Å². The maximum atomic E-state index is 14.5. The van der Waals surface area contributed by atoms with Gasteiger partial charge in [0.1, 0.15) is 35.1 Å². The van der Waals surface area contributed by atoms with Crippen molar-refractivity contribution >= 4 is 39.9 Å². The fraction of sp³-hybridized carbons (Fsp3) is 0.525. The molecule has 2 aromatic carbocycles. The first kappa shape index (κ1) is 43.4. The number of alkyl carbamates (subject to hydrolysis) is 1. The highest BCUT2D eigenvalue weighted by atomic mass is 32.2. The molecule has 14 nitrogen and oxygen atoms in total. The number of alkyl halides is 3. The van der Waals surface area contributed by atoms with E-state index in [0.29, 0.717) is 36.8 Å². The lowest BCUT2D eigenvalue weighted by Crippen LogP contribution is -2.58. The lowest BCUT2D eigenvalue weighted by molar-refractivity contribution is -0.141. The molecule has 6 rings (SSSR count). The quantitative estimate of drug-likeness (QED) is 0.260. The third-order valence-electron chi connectivity index (χ3n) is 10.7. The predicted molar refractivity (Wildman–Crippen MR) is 203 cm³/mol. The second kappa shape index (κ2) is 16.8. The number of fused-ring (bicyclic) bond motifs is 3. The maximum Gasteiger partial charge on any atom is 0.416 e. The number of carbonyl (C=O) groups is 5. The van der Waals surface area contributed by atoms with E-state index in [0.717, 1.165) is 29.2 Å². The summed E-state index contributed by atoms with van der Waals surface area (Å²) in [7, 11) is -4.50. The van der Waals surface area contributed by atoms with E-state index in [1.54, 1.807) is 32.9 Å². The van der Waals surface area contributed by atoms with E-state index in [1.165, 1.54) is 17.0 Å². The first-order chi connectivity index (χ1) is 27.6. The molecular weight excluding hydrogens is 803 g/mol. The molecule has 320 valence electrons. The van der Waals surface area contributed by atoms with Crippen LogP contribution in [0.1, 0.15) is 88.0 Å². The third-order valence-corrected chi connectivity index (χ3v) is 11.9. The first-order valence-electron chi connectivity index (χ1n) is 19.4. The predicted octanol–water partition coefficient (Wildman–Crippen LogP) is 5.20. The summed E-state index contributed by atoms with van der Waals surface area (Å²) in [5.41, 5.74) is -2.74. The minimum Gasteiger partial charge on any atom is -0.444 e. The number of halogens is 4. The topological polar surface area (TPSA) is 181 Å². The van der Waals surface area contributed by atoms with Crippen molar-refractivity contribution in [2.75, 3.05) is 6.54 Å². The number of hydrogen-bond donors (Lipinski definition) is 3. The van der Waals surface area contributed by atoms with Gasteiger partial charge in [-0.1, -0.05) is 49.3 Å². The van der Waals surface area contributed by atoms with Crippen LogP contribution in [0, 0.1) is 11.7 Å². The molecule has 3 N–H and O–H groups in total. The average molecular weight is 850 g/mol. The molecule has 1 aliphatic carbocycles. The Labute approximate surface area is 339 Å². The molecule has 0 radical (unpaired) electrons. The minimum absolute atomic E-state index is 0.00907. The zero-order chi connectivity index (χ0) is 42.9. The van der Waals surface area contributed by atoms with Gasteiger partial charge in [0.05, 0.1) is 24.4 Å². The van der Waals surface area contributed by atoms with Crippen LogP contribution < -0.4 is 15.4 Å². The molecule has 19 heteroatoms. The van der Waals surface area contributed by atoms with Crippen LogP contribution >= 0.6 is 0 Å². The van der Waals surface area contributed by atoms with E-state index in [4.69, 9.17) is 9.47 Å². The van der Waals surface area contributed by atoms with Gasteiger partial charge in [0.2, 0.25) is 21.8 Å². The molecule has 2 aromatic rings. The van der Waals surface area contributed by atoms with Crippen LogP contribution in [0.4, 0.5) is 27.2 Å². The van der Waals surface area contributed by atoms with Crippen molar-refractivity contribution in [3.63, 3.8) is 0 Å². The Balaban J connectivity index is 1.24. The number of sulfonamides is 1. The summed E-state index contributed by atoms with van der Waals surface area (Å²) < 4.78 is 93.3. The Bertz CT molecular complexity index is 2110. The molecule has 0 aromatic heterocycles. The lowest BCUT2D eigenvalue weighted by Gasteiger charge is -2.30. The Morgan fingerprint density at radius 1 is 1.00 bits per heavy atom. The molecule has 3 heterocycles. The molecule has 1 saturated carbocycles. The summed E-state index contributed by atoms with van der Waals surface area (Å²) in [5.74, 6) is -4.58. The van der Waals surface area contributed by atoms with Gasteiger partial charge < -0.3 is 25.0 Å². The summed E-state index contributed by atoms with van der Waals surface area (Å²) in [4.78, 5) is 71.4. The second-order valence-electron chi connectivity index (χ2n) is 16.4. The van der Waals surface area contributed by atoms with Gasteiger partial charge in [-0.3, -0.25) is 24.0 Å². The number of amides is 5. The van der Waals surface area contributed by atoms with Crippen molar-refractivity contribution in [2.45, 2.75) is 120 Å². The van der Waals surface area contributed by atoms with E-state index in [1.807, 2.05) is 10.8 Å². The van der Waals surface area contributed by atoms with Crippen LogP contribution in [0.25, 0.3) is 0 Å². The highest BCUT2D eigenvalue weighted by Crippen LogP contribution is 2.46. The number of carbonyl (C=O) groups excluding carboxylic acids is 5. The van der Waals surface area contributed by atoms with Gasteiger partial charge >= 0.3 is 18.4 Å². The van der Waals surface area contributed by atoms with E-state index < -0.39 is 98.5 Å². The second-order valence-corrected chi connectivity index (χ2v) is 18.1. The summed E-state index contributed by atoms with van der Waals surface area (Å²) in [6.07, 6.45) is -1.56. The molecule has 4 aliphatic rings. The van der Waals surface area contributed by atoms with E-state index in [2.05, 4.69) is 10.6 Å². The zero-order valence-electron chi connectivity index (χ0n) is 32.8. The van der Waals surface area contributed by atoms with Crippen LogP contribution in [0.2, 0.25) is 0 Å². The van der Waals surface area contributed by atoms with Crippen LogP contribution in [0.15, 0.2) is 54.6 Å². The number of hydrogen-bond acceptors (Lipinski definition) is 9. The van der Waals surface area contributed by atoms with E-state index in [9.17, 15) is 50.0 Å². The van der Waals surface area contributed by atoms with Crippen molar-refractivity contribution in [3.8, 4) is 0 Å². The van der Waals surface area contributed by atoms with Crippen LogP contribution in [0.3, 0.4) is 0 Å². The van der Waals surface area contributed by atoms with Crippen molar-refractivity contribution in [1.82, 2.24) is 25.2 Å². The van der Waals surface area contributed by atoms with Gasteiger partial charge in [-0.05, 0) is 75.8 Å². The van der Waals surface area contributed by atoms with Gasteiger partial charge in [0.25, 0.3) is 5.91 Å². The number of ether oxygens (including phenoxy) is 2. The van der Waals surface area contributed by atoms with Gasteiger partial charge in [0.15, 0.2) is 0 Å². The third kappa shape index (κ3) is 10.5. The number of rotatable bonds is 6. The largest absolute Gasteiger partial charge is 0.444 e. The number of allylic oxidation sites excluding steroid dienone is 1. The monoisotopic (exact) mass is 849 g/mol. The summed E-state index contributed by atoms with van der Waals surface area (Å²) in [6.45, 7) is 4.69. The molecule has 0 bridgehead atoms. The molecule has 0 unspecified atom stereocenters. The molecular formula is C40H47F4N5O9S. The SMILES string of the molecule is CC(C)(C)OC(=O)N[C@H]1CCCCCC=C[C@@H]2C[C@@]2(C(=O)NS(=O)(=O)Cc2ccc(C(F)(F)F)cc2)NC(=O)[C@@H]2C[C@@H](OC(=O)N3Cc4cccc(F)c4C3)CN2C1=O. The first-order valence-corrected chi connectivity index (χ1v) is 21.0. The molecule has 5 amide bonds. The van der Waals surface area contributed by atoms with Gasteiger partial charge in [-0.25, -0.2) is 22.4 Å². The average Bonchev–Trinajstić information content (AvgIpc) is 3.42. The number of nitrogens with one attached hydrogen (secondary N) is 3. The van der Waals surface area contributed by atoms with Crippen LogP contribution in [-0.2, 0) is 58.9 Å². The highest BCUT2D eigenvalue weighted by Gasteiger charge is 2.61. The molecule has 2 fully saturated rings. The molecule has 0 spiro atoms. The fourth-order valence-corrected chi connectivity index (χ4v) is 8.79. The van der Waals surface area contributed by atoms with Gasteiger partial charge in [0, 0.05) is 24.4 Å². The molecule has 59 heavy (non-hydrogen) atoms. The van der Waals surface area contributed by atoms with Crippen LogP contribution in [0.5, 0.6) is 0 Å². The van der Waals surface area contributed by atoms with Crippen molar-refractivity contribution in [1.29, 1.82) is 0 Å². The number of benzene rings is 2. The minimum atomic E-state index is -4.64. The standard InChI is InChI=1S/C40H47F4N5O9S/c1-38(2,3)58-36(53)45-31-13-8-6-4-5-7-11-27-19-39(27,35(52)47-59(55,56)23-24-14-16-26(17-15-24)40(42,43)44)46-33(50)32-18-28(21-49(32)34(31)51)57-37(54)48-20-25-10-9-12-30(41)29(25)22-48/h7,9-12,14-17,27-28,31-32H,4-6,8,13,18-23H2,1-3H3,(H,45,53)(H,46,50)(H,47,52)/t27-,28-,31+,32+,39-/m1/s1. The number of nitrogens with zero attached hydrogens (tertiary/aromatic N) is 2. The summed E-state index contributed by atoms with van der Waals surface area (Å²) in [5, 5.41) is 5.31. The maximum absolute atomic E-state index is 14.5. The van der Waals surface area contributed by atoms with Crippen LogP contribution in [-0.4, -0.2) is 84.0 Å². The van der Waals surface area contributed by atoms with E-state index >= 15 is 0 Å². The van der Waals surface area contributed by atoms with Crippen molar-refractivity contribution < 1.29 is 59.4 Å². The van der Waals surface area contributed by atoms with Gasteiger partial charge in [-0.2, -0.15) is 13.2 Å². The smallest absolute Gasteiger partial charge is 0.416 e.